The largest absolute Gasteiger partial charge is 0.342 e. The van der Waals surface area contributed by atoms with Gasteiger partial charge in [-0.1, -0.05) is 12.8 Å². The molecule has 3 amide bonds. The van der Waals surface area contributed by atoms with E-state index in [0.29, 0.717) is 51.3 Å². The molecule has 8 nitrogen and oxygen atoms in total. The number of hydrogen-bond acceptors (Lipinski definition) is 5. The molecule has 8 heteroatoms. The molecule has 0 spiro atoms. The van der Waals surface area contributed by atoms with E-state index in [4.69, 9.17) is 0 Å². The number of piperazine rings is 1. The molecule has 3 rings (SSSR count). The van der Waals surface area contributed by atoms with E-state index in [0.717, 1.165) is 25.9 Å². The summed E-state index contributed by atoms with van der Waals surface area (Å²) in [5.41, 5.74) is 0.459. The second-order valence-corrected chi connectivity index (χ2v) is 7.33. The predicted molar refractivity (Wildman–Crippen MR) is 97.5 cm³/mol. The number of carbonyl (C=O) groups is 3. The van der Waals surface area contributed by atoms with Crippen molar-refractivity contribution in [2.24, 2.45) is 5.10 Å². The molecule has 0 saturated carbocycles. The Hall–Kier alpha value is -1.96. The highest BCUT2D eigenvalue weighted by Crippen LogP contribution is 2.13. The molecule has 0 radical (unpaired) electrons. The number of rotatable bonds is 3. The predicted octanol–water partition coefficient (Wildman–Crippen LogP) is 0.141. The first kappa shape index (κ1) is 18.8. The topological polar surface area (TPSA) is 76.5 Å². The molecule has 3 heterocycles. The molecule has 3 aliphatic heterocycles. The van der Waals surface area contributed by atoms with E-state index in [-0.39, 0.29) is 17.7 Å². The fraction of sp³-hybridized carbons (Fsp3) is 0.778. The van der Waals surface area contributed by atoms with Crippen molar-refractivity contribution in [2.45, 2.75) is 38.5 Å². The summed E-state index contributed by atoms with van der Waals surface area (Å²) < 4.78 is 0. The zero-order valence-corrected chi connectivity index (χ0v) is 15.7. The van der Waals surface area contributed by atoms with Gasteiger partial charge in [-0.2, -0.15) is 5.10 Å². The zero-order chi connectivity index (χ0) is 18.5. The van der Waals surface area contributed by atoms with Crippen LogP contribution in [0.15, 0.2) is 5.10 Å². The lowest BCUT2D eigenvalue weighted by Gasteiger charge is -2.36. The first-order chi connectivity index (χ1) is 12.5. The normalized spacial score (nSPS) is 22.9. The molecule has 0 bridgehead atoms. The third-order valence-corrected chi connectivity index (χ3v) is 5.43. The minimum atomic E-state index is -0.0807. The van der Waals surface area contributed by atoms with Crippen LogP contribution in [0.5, 0.6) is 0 Å². The molecule has 2 fully saturated rings. The lowest BCUT2D eigenvalue weighted by Crippen LogP contribution is -2.53. The summed E-state index contributed by atoms with van der Waals surface area (Å²) in [6.45, 7) is 4.80. The van der Waals surface area contributed by atoms with Crippen LogP contribution in [0.25, 0.3) is 0 Å². The van der Waals surface area contributed by atoms with Crippen LogP contribution >= 0.6 is 0 Å². The summed E-state index contributed by atoms with van der Waals surface area (Å²) >= 11 is 0. The van der Waals surface area contributed by atoms with Gasteiger partial charge in [0, 0.05) is 59.2 Å². The Morgan fingerprint density at radius 2 is 1.54 bits per heavy atom. The first-order valence-corrected chi connectivity index (χ1v) is 9.68. The fourth-order valence-electron chi connectivity index (χ4n) is 3.73. The van der Waals surface area contributed by atoms with Crippen LogP contribution in [-0.2, 0) is 14.4 Å². The summed E-state index contributed by atoms with van der Waals surface area (Å²) in [5, 5.41) is 5.37. The van der Waals surface area contributed by atoms with Gasteiger partial charge in [-0.25, -0.2) is 5.01 Å². The van der Waals surface area contributed by atoms with Crippen molar-refractivity contribution in [2.75, 3.05) is 52.9 Å². The van der Waals surface area contributed by atoms with Crippen LogP contribution in [-0.4, -0.2) is 96.0 Å². The van der Waals surface area contributed by atoms with Crippen LogP contribution in [0.4, 0.5) is 0 Å². The van der Waals surface area contributed by atoms with Crippen LogP contribution in [0.1, 0.15) is 38.5 Å². The van der Waals surface area contributed by atoms with Crippen molar-refractivity contribution in [1.82, 2.24) is 19.7 Å². The van der Waals surface area contributed by atoms with Crippen molar-refractivity contribution >= 4 is 23.4 Å². The van der Waals surface area contributed by atoms with Gasteiger partial charge in [0.05, 0.1) is 6.54 Å². The molecule has 26 heavy (non-hydrogen) atoms. The highest BCUT2D eigenvalue weighted by Gasteiger charge is 2.29. The van der Waals surface area contributed by atoms with Gasteiger partial charge in [-0.05, 0) is 12.8 Å². The molecule has 144 valence electrons. The molecule has 0 unspecified atom stereocenters. The van der Waals surface area contributed by atoms with Gasteiger partial charge in [-0.15, -0.1) is 0 Å². The van der Waals surface area contributed by atoms with E-state index in [1.54, 1.807) is 11.9 Å². The van der Waals surface area contributed by atoms with Gasteiger partial charge in [0.15, 0.2) is 0 Å². The smallest absolute Gasteiger partial charge is 0.270 e. The molecule has 0 aromatic heterocycles. The maximum Gasteiger partial charge on any atom is 0.270 e. The Morgan fingerprint density at radius 1 is 0.885 bits per heavy atom. The van der Waals surface area contributed by atoms with Crippen LogP contribution < -0.4 is 0 Å². The molecular formula is C18H29N5O3. The van der Waals surface area contributed by atoms with Gasteiger partial charge < -0.3 is 9.80 Å². The van der Waals surface area contributed by atoms with Crippen LogP contribution in [0, 0.1) is 0 Å². The summed E-state index contributed by atoms with van der Waals surface area (Å²) in [5.74, 6) is 0.0738. The molecule has 3 aliphatic rings. The lowest BCUT2D eigenvalue weighted by molar-refractivity contribution is -0.133. The number of hydrogen-bond donors (Lipinski definition) is 0. The summed E-state index contributed by atoms with van der Waals surface area (Å²) in [4.78, 5) is 42.5. The highest BCUT2D eigenvalue weighted by atomic mass is 16.2. The SMILES string of the molecule is CN1N=C(C(=O)N2CCN(CC(=O)N3CCCCCC3)CC2)CCC1=O. The van der Waals surface area contributed by atoms with Crippen molar-refractivity contribution in [3.8, 4) is 0 Å². The third-order valence-electron chi connectivity index (χ3n) is 5.43. The van der Waals surface area contributed by atoms with Crippen molar-refractivity contribution in [3.05, 3.63) is 0 Å². The minimum Gasteiger partial charge on any atom is -0.342 e. The molecular weight excluding hydrogens is 334 g/mol. The number of nitrogens with zero attached hydrogens (tertiary/aromatic N) is 5. The number of amides is 3. The maximum atomic E-state index is 12.6. The quantitative estimate of drug-likeness (QED) is 0.715. The van der Waals surface area contributed by atoms with E-state index in [1.807, 2.05) is 4.90 Å². The Balaban J connectivity index is 1.46. The summed E-state index contributed by atoms with van der Waals surface area (Å²) in [7, 11) is 1.58. The fourth-order valence-corrected chi connectivity index (χ4v) is 3.73. The molecule has 0 N–H and O–H groups in total. The number of carbonyl (C=O) groups excluding carboxylic acids is 3. The molecule has 2 saturated heterocycles. The Bertz CT molecular complexity index is 575. The Kier molecular flexibility index (Phi) is 6.24. The van der Waals surface area contributed by atoms with Crippen molar-refractivity contribution in [1.29, 1.82) is 0 Å². The second kappa shape index (κ2) is 8.62. The van der Waals surface area contributed by atoms with Crippen LogP contribution in [0.2, 0.25) is 0 Å². The molecule has 0 aliphatic carbocycles. The van der Waals surface area contributed by atoms with E-state index in [1.165, 1.54) is 17.9 Å². The van der Waals surface area contributed by atoms with Gasteiger partial charge in [0.25, 0.3) is 5.91 Å². The van der Waals surface area contributed by atoms with Crippen molar-refractivity contribution in [3.63, 3.8) is 0 Å². The highest BCUT2D eigenvalue weighted by molar-refractivity contribution is 6.39. The number of likely N-dealkylation sites (tertiary alicyclic amines) is 1. The average molecular weight is 363 g/mol. The molecule has 0 atom stereocenters. The third kappa shape index (κ3) is 4.60. The second-order valence-electron chi connectivity index (χ2n) is 7.33. The van der Waals surface area contributed by atoms with Crippen molar-refractivity contribution < 1.29 is 14.4 Å². The molecule has 0 aromatic rings. The van der Waals surface area contributed by atoms with Gasteiger partial charge >= 0.3 is 0 Å². The molecule has 0 aromatic carbocycles. The van der Waals surface area contributed by atoms with Gasteiger partial charge in [0.2, 0.25) is 11.8 Å². The van der Waals surface area contributed by atoms with E-state index in [9.17, 15) is 14.4 Å². The van der Waals surface area contributed by atoms with Gasteiger partial charge in [-0.3, -0.25) is 19.3 Å². The lowest BCUT2D eigenvalue weighted by atomic mass is 10.1. The minimum absolute atomic E-state index is 0.0570. The maximum absolute atomic E-state index is 12.6. The summed E-state index contributed by atoms with van der Waals surface area (Å²) in [6.07, 6.45) is 5.39. The van der Waals surface area contributed by atoms with E-state index in [2.05, 4.69) is 10.0 Å². The number of hydrazone groups is 1. The first-order valence-electron chi connectivity index (χ1n) is 9.68. The van der Waals surface area contributed by atoms with E-state index < -0.39 is 0 Å². The average Bonchev–Trinajstić information content (AvgIpc) is 2.93. The van der Waals surface area contributed by atoms with Gasteiger partial charge in [0.1, 0.15) is 5.71 Å². The monoisotopic (exact) mass is 363 g/mol. The van der Waals surface area contributed by atoms with E-state index >= 15 is 0 Å². The van der Waals surface area contributed by atoms with Crippen LogP contribution in [0.3, 0.4) is 0 Å². The Labute approximate surface area is 154 Å². The standard InChI is InChI=1S/C18H29N5O3/c1-20-16(24)7-6-15(19-20)18(26)23-12-10-21(11-13-23)14-17(25)22-8-4-2-3-5-9-22/h2-14H2,1H3. The summed E-state index contributed by atoms with van der Waals surface area (Å²) in [6, 6.07) is 0. The zero-order valence-electron chi connectivity index (χ0n) is 15.7. The Morgan fingerprint density at radius 3 is 2.15 bits per heavy atom.